The first-order valence-electron chi connectivity index (χ1n) is 10.3. The van der Waals surface area contributed by atoms with Gasteiger partial charge in [-0.05, 0) is 61.1 Å². The van der Waals surface area contributed by atoms with Gasteiger partial charge in [-0.3, -0.25) is 4.79 Å². The van der Waals surface area contributed by atoms with Crippen molar-refractivity contribution in [3.63, 3.8) is 0 Å². The van der Waals surface area contributed by atoms with Crippen molar-refractivity contribution in [1.82, 2.24) is 4.90 Å². The molecule has 4 rings (SSSR count). The Labute approximate surface area is 182 Å². The van der Waals surface area contributed by atoms with Crippen LogP contribution in [0.2, 0.25) is 0 Å². The smallest absolute Gasteiger partial charge is 0.255 e. The van der Waals surface area contributed by atoms with Crippen molar-refractivity contribution in [2.45, 2.75) is 10.6 Å². The number of carbonyl (C=O) groups excluding carboxylic acids is 1. The number of nitrogens with zero attached hydrogens (tertiary/aromatic N) is 2. The first-order valence-corrected chi connectivity index (χ1v) is 11.3. The van der Waals surface area contributed by atoms with Gasteiger partial charge >= 0.3 is 0 Å². The first-order chi connectivity index (χ1) is 14.7. The van der Waals surface area contributed by atoms with E-state index < -0.39 is 0 Å². The van der Waals surface area contributed by atoms with Gasteiger partial charge < -0.3 is 15.1 Å². The van der Waals surface area contributed by atoms with Crippen LogP contribution in [0.4, 0.5) is 11.4 Å². The number of nitrogens with one attached hydrogen (secondary N) is 1. The highest BCUT2D eigenvalue weighted by atomic mass is 32.2. The highest BCUT2D eigenvalue weighted by Gasteiger charge is 2.14. The predicted molar refractivity (Wildman–Crippen MR) is 127 cm³/mol. The number of hydrogen-bond donors (Lipinski definition) is 1. The number of amides is 1. The monoisotopic (exact) mass is 417 g/mol. The molecular formula is C25H27N3OS. The minimum absolute atomic E-state index is 0.0791. The van der Waals surface area contributed by atoms with E-state index in [1.807, 2.05) is 54.6 Å². The average Bonchev–Trinajstić information content (AvgIpc) is 2.80. The maximum Gasteiger partial charge on any atom is 0.255 e. The second-order valence-corrected chi connectivity index (χ2v) is 8.64. The van der Waals surface area contributed by atoms with Crippen LogP contribution < -0.4 is 10.2 Å². The normalized spacial score (nSPS) is 14.5. The van der Waals surface area contributed by atoms with Crippen molar-refractivity contribution in [3.8, 4) is 0 Å². The number of rotatable bonds is 6. The van der Waals surface area contributed by atoms with Crippen LogP contribution in [-0.4, -0.2) is 44.0 Å². The Hall–Kier alpha value is -2.76. The van der Waals surface area contributed by atoms with Crippen LogP contribution in [0.3, 0.4) is 0 Å². The number of anilines is 2. The van der Waals surface area contributed by atoms with E-state index in [-0.39, 0.29) is 5.91 Å². The topological polar surface area (TPSA) is 35.6 Å². The third-order valence-electron chi connectivity index (χ3n) is 5.36. The molecule has 1 aliphatic heterocycles. The van der Waals surface area contributed by atoms with Crippen molar-refractivity contribution >= 4 is 29.0 Å². The fraction of sp³-hybridized carbons (Fsp3) is 0.240. The Morgan fingerprint density at radius 1 is 0.867 bits per heavy atom. The summed E-state index contributed by atoms with van der Waals surface area (Å²) >= 11 is 1.80. The van der Waals surface area contributed by atoms with E-state index in [0.717, 1.165) is 37.6 Å². The molecule has 3 aromatic rings. The zero-order valence-corrected chi connectivity index (χ0v) is 18.1. The van der Waals surface area contributed by atoms with E-state index in [2.05, 4.69) is 46.4 Å². The fourth-order valence-electron chi connectivity index (χ4n) is 3.46. The van der Waals surface area contributed by atoms with Crippen molar-refractivity contribution in [2.24, 2.45) is 0 Å². The van der Waals surface area contributed by atoms with E-state index in [1.54, 1.807) is 11.8 Å². The summed E-state index contributed by atoms with van der Waals surface area (Å²) in [7, 11) is 2.16. The average molecular weight is 418 g/mol. The van der Waals surface area contributed by atoms with Gasteiger partial charge in [0.25, 0.3) is 5.91 Å². The highest BCUT2D eigenvalue weighted by Crippen LogP contribution is 2.23. The molecular weight excluding hydrogens is 390 g/mol. The highest BCUT2D eigenvalue weighted by molar-refractivity contribution is 7.98. The SMILES string of the molecule is CN1CCN(c2ccc(NC(=O)c3ccc(CSc4ccccc4)cc3)cc2)CC1. The minimum Gasteiger partial charge on any atom is -0.369 e. The molecule has 1 saturated heterocycles. The molecule has 30 heavy (non-hydrogen) atoms. The van der Waals surface area contributed by atoms with Gasteiger partial charge in [-0.15, -0.1) is 11.8 Å². The van der Waals surface area contributed by atoms with E-state index in [0.29, 0.717) is 5.56 Å². The number of piperazine rings is 1. The molecule has 1 amide bonds. The third-order valence-corrected chi connectivity index (χ3v) is 6.44. The van der Waals surface area contributed by atoms with Crippen LogP contribution in [-0.2, 0) is 5.75 Å². The molecule has 1 fully saturated rings. The maximum atomic E-state index is 12.6. The van der Waals surface area contributed by atoms with E-state index >= 15 is 0 Å². The number of likely N-dealkylation sites (N-methyl/N-ethyl adjacent to an activating group) is 1. The minimum atomic E-state index is -0.0791. The molecule has 1 heterocycles. The standard InChI is InChI=1S/C25H27N3OS/c1-27-15-17-28(18-16-27)23-13-11-22(12-14-23)26-25(29)21-9-7-20(8-10-21)19-30-24-5-3-2-4-6-24/h2-14H,15-19H2,1H3,(H,26,29). The molecule has 0 spiro atoms. The van der Waals surface area contributed by atoms with Gasteiger partial charge in [0.05, 0.1) is 0 Å². The lowest BCUT2D eigenvalue weighted by Crippen LogP contribution is -2.44. The summed E-state index contributed by atoms with van der Waals surface area (Å²) in [4.78, 5) is 18.6. The van der Waals surface area contributed by atoms with Crippen LogP contribution in [0.15, 0.2) is 83.8 Å². The van der Waals surface area contributed by atoms with E-state index in [4.69, 9.17) is 0 Å². The summed E-state index contributed by atoms with van der Waals surface area (Å²) in [5, 5.41) is 3.00. The van der Waals surface area contributed by atoms with Gasteiger partial charge in [-0.25, -0.2) is 0 Å². The van der Waals surface area contributed by atoms with Gasteiger partial charge in [-0.1, -0.05) is 30.3 Å². The Morgan fingerprint density at radius 3 is 2.20 bits per heavy atom. The molecule has 0 saturated carbocycles. The summed E-state index contributed by atoms with van der Waals surface area (Å²) in [5.41, 5.74) is 3.91. The summed E-state index contributed by atoms with van der Waals surface area (Å²) in [6.07, 6.45) is 0. The predicted octanol–water partition coefficient (Wildman–Crippen LogP) is 4.98. The second kappa shape index (κ2) is 9.83. The van der Waals surface area contributed by atoms with Crippen LogP contribution in [0, 0.1) is 0 Å². The maximum absolute atomic E-state index is 12.6. The van der Waals surface area contributed by atoms with Crippen molar-refractivity contribution in [2.75, 3.05) is 43.4 Å². The van der Waals surface area contributed by atoms with Crippen LogP contribution in [0.5, 0.6) is 0 Å². The molecule has 0 bridgehead atoms. The molecule has 4 nitrogen and oxygen atoms in total. The first kappa shape index (κ1) is 20.5. The summed E-state index contributed by atoms with van der Waals surface area (Å²) < 4.78 is 0. The van der Waals surface area contributed by atoms with Crippen LogP contribution in [0.1, 0.15) is 15.9 Å². The second-order valence-electron chi connectivity index (χ2n) is 7.59. The summed E-state index contributed by atoms with van der Waals surface area (Å²) in [5.74, 6) is 0.809. The molecule has 0 radical (unpaired) electrons. The number of hydrogen-bond acceptors (Lipinski definition) is 4. The molecule has 154 valence electrons. The number of thioether (sulfide) groups is 1. The summed E-state index contributed by atoms with van der Waals surface area (Å²) in [6, 6.07) is 26.3. The molecule has 0 aromatic heterocycles. The van der Waals surface area contributed by atoms with Crippen molar-refractivity contribution < 1.29 is 4.79 Å². The molecule has 0 unspecified atom stereocenters. The van der Waals surface area contributed by atoms with E-state index in [1.165, 1.54) is 16.1 Å². The number of carbonyl (C=O) groups is 1. The third kappa shape index (κ3) is 5.43. The molecule has 0 atom stereocenters. The Morgan fingerprint density at radius 2 is 1.53 bits per heavy atom. The summed E-state index contributed by atoms with van der Waals surface area (Å²) in [6.45, 7) is 4.24. The van der Waals surface area contributed by atoms with Crippen molar-refractivity contribution in [1.29, 1.82) is 0 Å². The van der Waals surface area contributed by atoms with Gasteiger partial charge in [-0.2, -0.15) is 0 Å². The van der Waals surface area contributed by atoms with Crippen LogP contribution in [0.25, 0.3) is 0 Å². The van der Waals surface area contributed by atoms with E-state index in [9.17, 15) is 4.79 Å². The van der Waals surface area contributed by atoms with Crippen molar-refractivity contribution in [3.05, 3.63) is 90.0 Å². The molecule has 5 heteroatoms. The van der Waals surface area contributed by atoms with Crippen LogP contribution >= 0.6 is 11.8 Å². The zero-order chi connectivity index (χ0) is 20.8. The molecule has 0 aliphatic carbocycles. The molecule has 1 N–H and O–H groups in total. The largest absolute Gasteiger partial charge is 0.369 e. The zero-order valence-electron chi connectivity index (χ0n) is 17.3. The fourth-order valence-corrected chi connectivity index (χ4v) is 4.33. The molecule has 3 aromatic carbocycles. The van der Waals surface area contributed by atoms with Gasteiger partial charge in [0.1, 0.15) is 0 Å². The van der Waals surface area contributed by atoms with Gasteiger partial charge in [0.15, 0.2) is 0 Å². The lowest BCUT2D eigenvalue weighted by Gasteiger charge is -2.34. The Balaban J connectivity index is 1.31. The lowest BCUT2D eigenvalue weighted by molar-refractivity contribution is 0.102. The lowest BCUT2D eigenvalue weighted by atomic mass is 10.1. The quantitative estimate of drug-likeness (QED) is 0.574. The molecule has 1 aliphatic rings. The Bertz CT molecular complexity index is 950. The number of benzene rings is 3. The van der Waals surface area contributed by atoms with Gasteiger partial charge in [0.2, 0.25) is 0 Å². The van der Waals surface area contributed by atoms with Gasteiger partial charge in [0, 0.05) is 53.8 Å². The Kier molecular flexibility index (Phi) is 6.72.